The molecule has 46 heavy (non-hydrogen) atoms. The van der Waals surface area contributed by atoms with Crippen LogP contribution in [0.3, 0.4) is 0 Å². The van der Waals surface area contributed by atoms with Gasteiger partial charge in [-0.1, -0.05) is 73.5 Å². The number of nitrogens with zero attached hydrogens (tertiary/aromatic N) is 3. The van der Waals surface area contributed by atoms with Gasteiger partial charge in [-0.2, -0.15) is 0 Å². The Bertz CT molecular complexity index is 1560. The number of carbonyl (C=O) groups is 2. The van der Waals surface area contributed by atoms with Crippen LogP contribution in [0.4, 0.5) is 0 Å². The van der Waals surface area contributed by atoms with Gasteiger partial charge in [-0.3, -0.25) is 14.6 Å². The van der Waals surface area contributed by atoms with Crippen LogP contribution in [-0.2, 0) is 4.79 Å². The summed E-state index contributed by atoms with van der Waals surface area (Å²) in [5, 5.41) is 3.20. The van der Waals surface area contributed by atoms with Crippen molar-refractivity contribution in [3.63, 3.8) is 0 Å². The maximum Gasteiger partial charge on any atom is 0.253 e. The third kappa shape index (κ3) is 7.28. The largest absolute Gasteiger partial charge is 0.345 e. The Labute approximate surface area is 275 Å². The first-order valence-corrected chi connectivity index (χ1v) is 17.2. The van der Waals surface area contributed by atoms with Gasteiger partial charge in [0.05, 0.1) is 11.6 Å². The Hall–Kier alpha value is -3.77. The number of likely N-dealkylation sites (tertiary alicyclic amines) is 2. The Morgan fingerprint density at radius 1 is 0.870 bits per heavy atom. The molecular weight excluding hydrogens is 568 g/mol. The minimum Gasteiger partial charge on any atom is -0.345 e. The van der Waals surface area contributed by atoms with Crippen molar-refractivity contribution < 1.29 is 9.59 Å². The van der Waals surface area contributed by atoms with E-state index in [-0.39, 0.29) is 17.9 Å². The van der Waals surface area contributed by atoms with Crippen molar-refractivity contribution in [3.8, 4) is 0 Å². The van der Waals surface area contributed by atoms with Gasteiger partial charge in [-0.25, -0.2) is 0 Å². The predicted molar refractivity (Wildman–Crippen MR) is 186 cm³/mol. The van der Waals surface area contributed by atoms with Crippen molar-refractivity contribution in [1.29, 1.82) is 0 Å². The van der Waals surface area contributed by atoms with E-state index in [1.807, 2.05) is 19.2 Å². The number of piperidine rings is 2. The van der Waals surface area contributed by atoms with Gasteiger partial charge in [0, 0.05) is 44.5 Å². The lowest BCUT2D eigenvalue weighted by Crippen LogP contribution is -2.47. The van der Waals surface area contributed by atoms with Crippen molar-refractivity contribution in [2.24, 2.45) is 11.3 Å². The van der Waals surface area contributed by atoms with Crippen LogP contribution in [0.5, 0.6) is 0 Å². The van der Waals surface area contributed by atoms with E-state index in [4.69, 9.17) is 0 Å². The van der Waals surface area contributed by atoms with Crippen molar-refractivity contribution >= 4 is 17.4 Å². The molecule has 2 aliphatic heterocycles. The van der Waals surface area contributed by atoms with Crippen LogP contribution in [0.2, 0.25) is 0 Å². The highest BCUT2D eigenvalue weighted by Crippen LogP contribution is 2.46. The molecule has 1 saturated carbocycles. The highest BCUT2D eigenvalue weighted by molar-refractivity contribution is 5.94. The zero-order valence-corrected chi connectivity index (χ0v) is 28.3. The number of aromatic nitrogens is 1. The smallest absolute Gasteiger partial charge is 0.253 e. The highest BCUT2D eigenvalue weighted by atomic mass is 16.2. The molecule has 3 aliphatic rings. The second kappa shape index (κ2) is 13.5. The van der Waals surface area contributed by atoms with Crippen molar-refractivity contribution in [1.82, 2.24) is 20.1 Å². The van der Waals surface area contributed by atoms with Crippen molar-refractivity contribution in [2.75, 3.05) is 33.2 Å². The van der Waals surface area contributed by atoms with Crippen LogP contribution in [-0.4, -0.2) is 59.8 Å². The Morgan fingerprint density at radius 3 is 2.09 bits per heavy atom. The molecule has 2 aromatic carbocycles. The maximum atomic E-state index is 13.4. The number of benzene rings is 2. The summed E-state index contributed by atoms with van der Waals surface area (Å²) in [6.45, 7) is 12.4. The van der Waals surface area contributed by atoms with E-state index in [2.05, 4.69) is 96.5 Å². The lowest BCUT2D eigenvalue weighted by molar-refractivity contribution is -0.143. The van der Waals surface area contributed by atoms with Crippen molar-refractivity contribution in [3.05, 3.63) is 106 Å². The summed E-state index contributed by atoms with van der Waals surface area (Å²) < 4.78 is 0. The van der Waals surface area contributed by atoms with Gasteiger partial charge in [0.25, 0.3) is 5.91 Å². The summed E-state index contributed by atoms with van der Waals surface area (Å²) in [5.41, 5.74) is 9.69. The lowest BCUT2D eigenvalue weighted by atomic mass is 9.64. The second-order valence-corrected chi connectivity index (χ2v) is 14.8. The molecule has 0 radical (unpaired) electrons. The fourth-order valence-electron chi connectivity index (χ4n) is 7.68. The van der Waals surface area contributed by atoms with E-state index in [1.54, 1.807) is 6.20 Å². The van der Waals surface area contributed by atoms with E-state index in [9.17, 15) is 9.59 Å². The van der Waals surface area contributed by atoms with Gasteiger partial charge < -0.3 is 15.1 Å². The molecule has 6 rings (SSSR count). The molecule has 1 aromatic heterocycles. The van der Waals surface area contributed by atoms with Gasteiger partial charge in [-0.05, 0) is 105 Å². The second-order valence-electron chi connectivity index (χ2n) is 14.8. The number of aryl methyl sites for hydroxylation is 1. The zero-order valence-electron chi connectivity index (χ0n) is 28.3. The van der Waals surface area contributed by atoms with Crippen LogP contribution in [0, 0.1) is 18.3 Å². The molecule has 6 heteroatoms. The molecule has 3 heterocycles. The van der Waals surface area contributed by atoms with Crippen LogP contribution in [0.1, 0.15) is 109 Å². The minimum absolute atomic E-state index is 0.111. The summed E-state index contributed by atoms with van der Waals surface area (Å²) >= 11 is 0. The molecule has 0 bridgehead atoms. The maximum absolute atomic E-state index is 13.4. The molecule has 2 amide bonds. The number of hydrogen-bond acceptors (Lipinski definition) is 4. The molecule has 3 aromatic rings. The van der Waals surface area contributed by atoms with Gasteiger partial charge in [0.1, 0.15) is 0 Å². The van der Waals surface area contributed by atoms with Gasteiger partial charge in [0.15, 0.2) is 0 Å². The summed E-state index contributed by atoms with van der Waals surface area (Å²) in [5.74, 6) is 0.731. The third-order valence-electron chi connectivity index (χ3n) is 10.6. The zero-order chi connectivity index (χ0) is 32.4. The molecule has 0 unspecified atom stereocenters. The molecule has 6 nitrogen and oxygen atoms in total. The lowest BCUT2D eigenvalue weighted by Gasteiger charge is -2.44. The molecule has 242 valence electrons. The van der Waals surface area contributed by atoms with Gasteiger partial charge in [-0.15, -0.1) is 0 Å². The average molecular weight is 619 g/mol. The number of pyridine rings is 1. The number of amides is 2. The molecule has 0 spiro atoms. The number of nitrogens with one attached hydrogen (secondary N) is 1. The molecule has 1 N–H and O–H groups in total. The quantitative estimate of drug-likeness (QED) is 0.297. The fourth-order valence-corrected chi connectivity index (χ4v) is 7.68. The van der Waals surface area contributed by atoms with E-state index >= 15 is 0 Å². The van der Waals surface area contributed by atoms with Gasteiger partial charge >= 0.3 is 0 Å². The van der Waals surface area contributed by atoms with Crippen LogP contribution < -0.4 is 5.32 Å². The first-order chi connectivity index (χ1) is 22.1. The van der Waals surface area contributed by atoms with Crippen molar-refractivity contribution in [2.45, 2.75) is 78.2 Å². The average Bonchev–Trinajstić information content (AvgIpc) is 3.05. The van der Waals surface area contributed by atoms with E-state index in [0.717, 1.165) is 75.8 Å². The number of rotatable bonds is 7. The SMILES string of the molecule is Cc1ccc(C(=C2CCN(C)CC2)c2ccc([C@@H](C)NC(=O)c3cncc(C4CCN(C(=O)C5CC(C)(C)C5)CC4)c3)cc2)cc1. The summed E-state index contributed by atoms with van der Waals surface area (Å²) in [6, 6.07) is 19.5. The molecule has 1 atom stereocenters. The normalized spacial score (nSPS) is 19.8. The molecular formula is C40H50N4O2. The predicted octanol–water partition coefficient (Wildman–Crippen LogP) is 7.55. The first-order valence-electron chi connectivity index (χ1n) is 17.2. The molecule has 1 aliphatic carbocycles. The monoisotopic (exact) mass is 618 g/mol. The third-order valence-corrected chi connectivity index (χ3v) is 10.6. The highest BCUT2D eigenvalue weighted by Gasteiger charge is 2.42. The Balaban J connectivity index is 1.09. The molecule has 3 fully saturated rings. The minimum atomic E-state index is -0.144. The number of hydrogen-bond donors (Lipinski definition) is 1. The van der Waals surface area contributed by atoms with Crippen LogP contribution in [0.15, 0.2) is 72.6 Å². The Morgan fingerprint density at radius 2 is 1.48 bits per heavy atom. The summed E-state index contributed by atoms with van der Waals surface area (Å²) in [7, 11) is 2.20. The summed E-state index contributed by atoms with van der Waals surface area (Å²) in [4.78, 5) is 35.2. The van der Waals surface area contributed by atoms with Crippen LogP contribution in [0.25, 0.3) is 5.57 Å². The fraction of sp³-hybridized carbons (Fsp3) is 0.475. The summed E-state index contributed by atoms with van der Waals surface area (Å²) in [6.07, 6.45) is 9.53. The van der Waals surface area contributed by atoms with E-state index < -0.39 is 0 Å². The topological polar surface area (TPSA) is 65.5 Å². The standard InChI is InChI=1S/C40H50N4O2/c1-27-6-8-31(9-7-27)37(33-14-18-43(5)19-15-33)32-12-10-29(11-13-32)28(2)42-38(45)35-22-34(25-41-26-35)30-16-20-44(21-17-30)39(46)36-23-40(3,4)24-36/h6-13,22,25-26,28,30,36H,14-21,23-24H2,1-5H3,(H,42,45)/t28-/m1/s1. The van der Waals surface area contributed by atoms with Gasteiger partial charge in [0.2, 0.25) is 5.91 Å². The van der Waals surface area contributed by atoms with E-state index in [0.29, 0.717) is 22.8 Å². The molecule has 2 saturated heterocycles. The number of carbonyl (C=O) groups excluding carboxylic acids is 2. The first kappa shape index (κ1) is 32.2. The van der Waals surface area contributed by atoms with E-state index in [1.165, 1.54) is 27.8 Å². The Kier molecular flexibility index (Phi) is 9.47. The van der Waals surface area contributed by atoms with Crippen LogP contribution >= 0.6 is 0 Å².